The van der Waals surface area contributed by atoms with Gasteiger partial charge >= 0.3 is 0 Å². The molecule has 3 rings (SSSR count). The van der Waals surface area contributed by atoms with Crippen molar-refractivity contribution in [3.8, 4) is 0 Å². The Kier molecular flexibility index (Phi) is 7.72. The van der Waals surface area contributed by atoms with E-state index in [9.17, 15) is 9.59 Å². The van der Waals surface area contributed by atoms with E-state index in [1.54, 1.807) is 24.3 Å². The van der Waals surface area contributed by atoms with Crippen LogP contribution in [0.25, 0.3) is 0 Å². The van der Waals surface area contributed by atoms with Crippen molar-refractivity contribution in [3.05, 3.63) is 65.7 Å². The van der Waals surface area contributed by atoms with E-state index in [1.165, 1.54) is 0 Å². The molecule has 152 valence electrons. The van der Waals surface area contributed by atoms with Crippen LogP contribution in [-0.4, -0.2) is 36.2 Å². The minimum atomic E-state index is -0.165. The molecule has 0 spiro atoms. The summed E-state index contributed by atoms with van der Waals surface area (Å²) >= 11 is 5.22. The third kappa shape index (κ3) is 6.96. The second-order valence-electron chi connectivity index (χ2n) is 6.91. The maximum Gasteiger partial charge on any atom is 0.251 e. The van der Waals surface area contributed by atoms with Crippen LogP contribution in [0, 0.1) is 0 Å². The van der Waals surface area contributed by atoms with Gasteiger partial charge in [-0.15, -0.1) is 0 Å². The Bertz CT molecular complexity index is 851. The minimum Gasteiger partial charge on any atom is -0.376 e. The zero-order valence-corrected chi connectivity index (χ0v) is 17.0. The summed E-state index contributed by atoms with van der Waals surface area (Å²) < 4.78 is 5.52. The number of hydrogen-bond acceptors (Lipinski definition) is 4. The highest BCUT2D eigenvalue weighted by Crippen LogP contribution is 2.13. The van der Waals surface area contributed by atoms with E-state index >= 15 is 0 Å². The van der Waals surface area contributed by atoms with Gasteiger partial charge in [0.2, 0.25) is 5.91 Å². The van der Waals surface area contributed by atoms with Crippen molar-refractivity contribution in [2.45, 2.75) is 31.8 Å². The molecule has 1 atom stereocenters. The van der Waals surface area contributed by atoms with Crippen molar-refractivity contribution in [1.82, 2.24) is 10.6 Å². The van der Waals surface area contributed by atoms with Gasteiger partial charge in [0.05, 0.1) is 6.10 Å². The van der Waals surface area contributed by atoms with Crippen LogP contribution in [0.15, 0.2) is 54.6 Å². The molecule has 2 aromatic rings. The normalized spacial score (nSPS) is 15.5. The second-order valence-corrected chi connectivity index (χ2v) is 7.32. The summed E-state index contributed by atoms with van der Waals surface area (Å²) in [4.78, 5) is 24.4. The van der Waals surface area contributed by atoms with Gasteiger partial charge in [0, 0.05) is 30.8 Å². The van der Waals surface area contributed by atoms with Crippen LogP contribution < -0.4 is 16.0 Å². The molecule has 1 heterocycles. The van der Waals surface area contributed by atoms with E-state index in [2.05, 4.69) is 16.0 Å². The molecule has 1 fully saturated rings. The van der Waals surface area contributed by atoms with Crippen molar-refractivity contribution in [1.29, 1.82) is 0 Å². The lowest BCUT2D eigenvalue weighted by atomic mass is 10.1. The fourth-order valence-corrected chi connectivity index (χ4v) is 3.34. The molecule has 2 aromatic carbocycles. The lowest BCUT2D eigenvalue weighted by Gasteiger charge is -2.12. The van der Waals surface area contributed by atoms with E-state index in [0.717, 1.165) is 25.0 Å². The molecular formula is C22H25N3O3S. The van der Waals surface area contributed by atoms with E-state index in [1.807, 2.05) is 30.3 Å². The first kappa shape index (κ1) is 21.0. The molecule has 1 aliphatic rings. The van der Waals surface area contributed by atoms with Gasteiger partial charge in [0.15, 0.2) is 5.11 Å². The van der Waals surface area contributed by atoms with E-state index in [0.29, 0.717) is 30.6 Å². The predicted octanol–water partition coefficient (Wildman–Crippen LogP) is 3.04. The number of carbonyl (C=O) groups is 2. The number of benzene rings is 2. The summed E-state index contributed by atoms with van der Waals surface area (Å²) in [6.45, 7) is 1.26. The molecule has 29 heavy (non-hydrogen) atoms. The summed E-state index contributed by atoms with van der Waals surface area (Å²) in [5, 5.41) is 8.73. The highest BCUT2D eigenvalue weighted by atomic mass is 32.1. The smallest absolute Gasteiger partial charge is 0.251 e. The summed E-state index contributed by atoms with van der Waals surface area (Å²) in [5.74, 6) is -0.321. The summed E-state index contributed by atoms with van der Waals surface area (Å²) in [6, 6.07) is 16.8. The largest absolute Gasteiger partial charge is 0.376 e. The van der Waals surface area contributed by atoms with Gasteiger partial charge in [-0.3, -0.25) is 9.59 Å². The molecule has 3 N–H and O–H groups in total. The zero-order valence-electron chi connectivity index (χ0n) is 16.1. The molecule has 0 saturated carbocycles. The van der Waals surface area contributed by atoms with Crippen molar-refractivity contribution < 1.29 is 14.3 Å². The number of ether oxygens (including phenoxy) is 1. The first-order valence-corrected chi connectivity index (χ1v) is 10.2. The maximum atomic E-state index is 12.3. The molecular weight excluding hydrogens is 386 g/mol. The van der Waals surface area contributed by atoms with E-state index < -0.39 is 0 Å². The monoisotopic (exact) mass is 411 g/mol. The SMILES string of the molecule is O=C(CCc1ccccc1)NC(=S)Nc1cccc(C(=O)NCC2CCCO2)c1. The number of rotatable bonds is 7. The van der Waals surface area contributed by atoms with Gasteiger partial charge in [-0.05, 0) is 55.2 Å². The van der Waals surface area contributed by atoms with E-state index in [4.69, 9.17) is 17.0 Å². The number of thiocarbonyl (C=S) groups is 1. The lowest BCUT2D eigenvalue weighted by Crippen LogP contribution is -2.34. The van der Waals surface area contributed by atoms with Crippen LogP contribution in [0.2, 0.25) is 0 Å². The molecule has 0 radical (unpaired) electrons. The number of carbonyl (C=O) groups excluding carboxylic acids is 2. The molecule has 0 aliphatic carbocycles. The number of aryl methyl sites for hydroxylation is 1. The van der Waals surface area contributed by atoms with Gasteiger partial charge < -0.3 is 20.7 Å². The van der Waals surface area contributed by atoms with Crippen LogP contribution in [0.1, 0.15) is 35.2 Å². The molecule has 0 aromatic heterocycles. The van der Waals surface area contributed by atoms with Gasteiger partial charge in [-0.25, -0.2) is 0 Å². The quantitative estimate of drug-likeness (QED) is 0.611. The van der Waals surface area contributed by atoms with Crippen molar-refractivity contribution in [2.75, 3.05) is 18.5 Å². The van der Waals surface area contributed by atoms with Crippen LogP contribution in [0.4, 0.5) is 5.69 Å². The van der Waals surface area contributed by atoms with Crippen LogP contribution in [0.5, 0.6) is 0 Å². The molecule has 1 aliphatic heterocycles. The maximum absolute atomic E-state index is 12.3. The Morgan fingerprint density at radius 1 is 1.10 bits per heavy atom. The van der Waals surface area contributed by atoms with Crippen molar-refractivity contribution in [3.63, 3.8) is 0 Å². The molecule has 0 bridgehead atoms. The molecule has 7 heteroatoms. The number of hydrogen-bond donors (Lipinski definition) is 3. The van der Waals surface area contributed by atoms with Crippen molar-refractivity contribution in [2.24, 2.45) is 0 Å². The number of amides is 2. The standard InChI is InChI=1S/C22H25N3O3S/c26-20(12-11-16-6-2-1-3-7-16)25-22(29)24-18-9-4-8-17(14-18)21(27)23-15-19-10-5-13-28-19/h1-4,6-9,14,19H,5,10-13,15H2,(H,23,27)(H2,24,25,26,29). The zero-order chi connectivity index (χ0) is 20.5. The van der Waals surface area contributed by atoms with Gasteiger partial charge in [0.25, 0.3) is 5.91 Å². The van der Waals surface area contributed by atoms with Gasteiger partial charge in [-0.2, -0.15) is 0 Å². The Morgan fingerprint density at radius 3 is 2.69 bits per heavy atom. The minimum absolute atomic E-state index is 0.0962. The summed E-state index contributed by atoms with van der Waals surface area (Å²) in [7, 11) is 0. The van der Waals surface area contributed by atoms with Gasteiger partial charge in [0.1, 0.15) is 0 Å². The fourth-order valence-electron chi connectivity index (χ4n) is 3.11. The molecule has 1 saturated heterocycles. The Balaban J connectivity index is 1.45. The first-order valence-electron chi connectivity index (χ1n) is 9.75. The molecule has 2 amide bonds. The number of nitrogens with one attached hydrogen (secondary N) is 3. The second kappa shape index (κ2) is 10.7. The molecule has 6 nitrogen and oxygen atoms in total. The highest BCUT2D eigenvalue weighted by Gasteiger charge is 2.16. The van der Waals surface area contributed by atoms with Crippen LogP contribution in [0.3, 0.4) is 0 Å². The first-order chi connectivity index (χ1) is 14.1. The average Bonchev–Trinajstić information content (AvgIpc) is 3.25. The Morgan fingerprint density at radius 2 is 1.93 bits per heavy atom. The summed E-state index contributed by atoms with van der Waals surface area (Å²) in [6.07, 6.45) is 3.10. The Labute approximate surface area is 176 Å². The molecule has 1 unspecified atom stereocenters. The fraction of sp³-hybridized carbons (Fsp3) is 0.318. The van der Waals surface area contributed by atoms with Crippen LogP contribution in [-0.2, 0) is 16.0 Å². The lowest BCUT2D eigenvalue weighted by molar-refractivity contribution is -0.119. The third-order valence-corrected chi connectivity index (χ3v) is 4.84. The number of anilines is 1. The van der Waals surface area contributed by atoms with E-state index in [-0.39, 0.29) is 23.0 Å². The topological polar surface area (TPSA) is 79.5 Å². The predicted molar refractivity (Wildman–Crippen MR) is 117 cm³/mol. The van der Waals surface area contributed by atoms with Gasteiger partial charge in [-0.1, -0.05) is 36.4 Å². The summed E-state index contributed by atoms with van der Waals surface area (Å²) in [5.41, 5.74) is 2.26. The van der Waals surface area contributed by atoms with Crippen LogP contribution >= 0.6 is 12.2 Å². The highest BCUT2D eigenvalue weighted by molar-refractivity contribution is 7.80. The Hall–Kier alpha value is -2.77. The third-order valence-electron chi connectivity index (χ3n) is 4.63. The van der Waals surface area contributed by atoms with Crippen molar-refractivity contribution >= 4 is 34.8 Å². The average molecular weight is 412 g/mol.